The molecule has 2 heterocycles. The van der Waals surface area contributed by atoms with E-state index in [2.05, 4.69) is 9.80 Å². The van der Waals surface area contributed by atoms with Gasteiger partial charge in [0.2, 0.25) is 5.91 Å². The molecule has 5 unspecified atom stereocenters. The van der Waals surface area contributed by atoms with Gasteiger partial charge in [-0.2, -0.15) is 0 Å². The van der Waals surface area contributed by atoms with Crippen LogP contribution in [0.2, 0.25) is 0 Å². The highest BCUT2D eigenvalue weighted by Gasteiger charge is 2.50. The molecular weight excluding hydrogens is 266 g/mol. The molecule has 5 heteroatoms. The van der Waals surface area contributed by atoms with E-state index in [4.69, 9.17) is 10.5 Å². The second-order valence-corrected chi connectivity index (χ2v) is 7.31. The lowest BCUT2D eigenvalue weighted by Gasteiger charge is -2.33. The summed E-state index contributed by atoms with van der Waals surface area (Å²) < 4.78 is 5.42. The summed E-state index contributed by atoms with van der Waals surface area (Å²) in [6.45, 7) is 5.52. The van der Waals surface area contributed by atoms with Crippen molar-refractivity contribution in [3.63, 3.8) is 0 Å². The smallest absolute Gasteiger partial charge is 0.227 e. The molecule has 0 aromatic carbocycles. The van der Waals surface area contributed by atoms with Gasteiger partial charge in [0.25, 0.3) is 0 Å². The quantitative estimate of drug-likeness (QED) is 0.795. The van der Waals surface area contributed by atoms with Crippen molar-refractivity contribution in [3.8, 4) is 0 Å². The number of morpholine rings is 1. The summed E-state index contributed by atoms with van der Waals surface area (Å²) in [6.07, 6.45) is 4.77. The van der Waals surface area contributed by atoms with E-state index in [9.17, 15) is 4.79 Å². The molecule has 4 aliphatic rings. The highest BCUT2D eigenvalue weighted by atomic mass is 16.5. The van der Waals surface area contributed by atoms with E-state index >= 15 is 0 Å². The number of hydrogen-bond acceptors (Lipinski definition) is 4. The molecule has 2 aliphatic heterocycles. The Balaban J connectivity index is 1.38. The molecule has 2 N–H and O–H groups in total. The zero-order valence-corrected chi connectivity index (χ0v) is 12.7. The summed E-state index contributed by atoms with van der Waals surface area (Å²) in [7, 11) is 0. The van der Waals surface area contributed by atoms with E-state index in [0.717, 1.165) is 45.8 Å². The minimum Gasteiger partial charge on any atom is -0.379 e. The number of carbonyl (C=O) groups excluding carboxylic acids is 1. The standard InChI is InChI=1S/C16H27N3O2/c17-15-12-2-1-11(9-12)14(15)16(20)19-4-3-13(10-19)18-5-7-21-8-6-18/h11-15H,1-10,17H2. The minimum absolute atomic E-state index is 0.118. The van der Waals surface area contributed by atoms with Crippen molar-refractivity contribution >= 4 is 5.91 Å². The zero-order valence-electron chi connectivity index (χ0n) is 12.7. The van der Waals surface area contributed by atoms with Crippen molar-refractivity contribution in [2.75, 3.05) is 39.4 Å². The third kappa shape index (κ3) is 2.39. The number of amides is 1. The van der Waals surface area contributed by atoms with Crippen LogP contribution in [-0.4, -0.2) is 67.2 Å². The summed E-state index contributed by atoms with van der Waals surface area (Å²) in [6, 6.07) is 0.659. The lowest BCUT2D eigenvalue weighted by Crippen LogP contribution is -2.48. The summed E-state index contributed by atoms with van der Waals surface area (Å²) in [4.78, 5) is 17.5. The number of nitrogens with two attached hydrogens (primary N) is 1. The van der Waals surface area contributed by atoms with Gasteiger partial charge in [0.1, 0.15) is 0 Å². The van der Waals surface area contributed by atoms with Crippen LogP contribution in [0.3, 0.4) is 0 Å². The predicted molar refractivity (Wildman–Crippen MR) is 79.7 cm³/mol. The average Bonchev–Trinajstić information content (AvgIpc) is 3.23. The molecule has 21 heavy (non-hydrogen) atoms. The summed E-state index contributed by atoms with van der Waals surface area (Å²) in [5.41, 5.74) is 6.34. The Hall–Kier alpha value is -0.650. The number of likely N-dealkylation sites (tertiary alicyclic amines) is 1. The maximum atomic E-state index is 12.9. The molecule has 5 nitrogen and oxygen atoms in total. The van der Waals surface area contributed by atoms with Crippen molar-refractivity contribution in [1.29, 1.82) is 0 Å². The van der Waals surface area contributed by atoms with Crippen LogP contribution in [0, 0.1) is 17.8 Å². The van der Waals surface area contributed by atoms with Crippen LogP contribution in [-0.2, 0) is 9.53 Å². The lowest BCUT2D eigenvalue weighted by atomic mass is 9.84. The van der Waals surface area contributed by atoms with E-state index in [-0.39, 0.29) is 12.0 Å². The summed E-state index contributed by atoms with van der Waals surface area (Å²) in [5, 5.41) is 0. The highest BCUT2D eigenvalue weighted by molar-refractivity contribution is 5.81. The fourth-order valence-electron chi connectivity index (χ4n) is 5.10. The van der Waals surface area contributed by atoms with E-state index in [1.54, 1.807) is 0 Å². The Morgan fingerprint density at radius 2 is 1.81 bits per heavy atom. The molecule has 0 spiro atoms. The van der Waals surface area contributed by atoms with Gasteiger partial charge in [0, 0.05) is 38.3 Å². The molecule has 1 amide bonds. The topological polar surface area (TPSA) is 58.8 Å². The largest absolute Gasteiger partial charge is 0.379 e. The molecule has 0 radical (unpaired) electrons. The number of hydrogen-bond donors (Lipinski definition) is 1. The van der Waals surface area contributed by atoms with Crippen LogP contribution in [0.25, 0.3) is 0 Å². The van der Waals surface area contributed by atoms with Crippen LogP contribution in [0.4, 0.5) is 0 Å². The van der Waals surface area contributed by atoms with Gasteiger partial charge in [0.15, 0.2) is 0 Å². The van der Waals surface area contributed by atoms with Crippen molar-refractivity contribution < 1.29 is 9.53 Å². The van der Waals surface area contributed by atoms with Gasteiger partial charge < -0.3 is 15.4 Å². The Bertz CT molecular complexity index is 408. The molecule has 2 aliphatic carbocycles. The number of ether oxygens (including phenoxy) is 1. The van der Waals surface area contributed by atoms with E-state index in [0.29, 0.717) is 23.8 Å². The first-order chi connectivity index (χ1) is 10.2. The maximum absolute atomic E-state index is 12.9. The first kappa shape index (κ1) is 14.0. The number of rotatable bonds is 2. The number of nitrogens with zero attached hydrogens (tertiary/aromatic N) is 2. The second-order valence-electron chi connectivity index (χ2n) is 7.31. The van der Waals surface area contributed by atoms with Crippen molar-refractivity contribution in [3.05, 3.63) is 0 Å². The third-order valence-electron chi connectivity index (χ3n) is 6.30. The van der Waals surface area contributed by atoms with Crippen LogP contribution >= 0.6 is 0 Å². The molecule has 118 valence electrons. The van der Waals surface area contributed by atoms with E-state index in [1.165, 1.54) is 19.3 Å². The maximum Gasteiger partial charge on any atom is 0.227 e. The van der Waals surface area contributed by atoms with Gasteiger partial charge in [-0.3, -0.25) is 9.69 Å². The second kappa shape index (κ2) is 5.52. The molecule has 4 fully saturated rings. The monoisotopic (exact) mass is 293 g/mol. The first-order valence-electron chi connectivity index (χ1n) is 8.60. The van der Waals surface area contributed by atoms with Gasteiger partial charge in [-0.1, -0.05) is 0 Å². The molecule has 2 saturated carbocycles. The average molecular weight is 293 g/mol. The summed E-state index contributed by atoms with van der Waals surface area (Å²) in [5.74, 6) is 1.65. The Kier molecular flexibility index (Phi) is 3.67. The van der Waals surface area contributed by atoms with Gasteiger partial charge in [-0.05, 0) is 37.5 Å². The normalized spacial score (nSPS) is 43.7. The van der Waals surface area contributed by atoms with Crippen LogP contribution in [0.15, 0.2) is 0 Å². The van der Waals surface area contributed by atoms with Crippen LogP contribution < -0.4 is 5.73 Å². The number of carbonyl (C=O) groups is 1. The Morgan fingerprint density at radius 3 is 2.52 bits per heavy atom. The first-order valence-corrected chi connectivity index (χ1v) is 8.60. The zero-order chi connectivity index (χ0) is 14.4. The highest BCUT2D eigenvalue weighted by Crippen LogP contribution is 2.48. The fourth-order valence-corrected chi connectivity index (χ4v) is 5.10. The molecule has 5 atom stereocenters. The molecule has 2 bridgehead atoms. The fraction of sp³-hybridized carbons (Fsp3) is 0.938. The van der Waals surface area contributed by atoms with Gasteiger partial charge in [-0.25, -0.2) is 0 Å². The van der Waals surface area contributed by atoms with Gasteiger partial charge in [-0.15, -0.1) is 0 Å². The van der Waals surface area contributed by atoms with Crippen LogP contribution in [0.1, 0.15) is 25.7 Å². The Labute approximate surface area is 126 Å². The number of fused-ring (bicyclic) bond motifs is 2. The van der Waals surface area contributed by atoms with E-state index in [1.807, 2.05) is 0 Å². The van der Waals surface area contributed by atoms with Gasteiger partial charge >= 0.3 is 0 Å². The van der Waals surface area contributed by atoms with Crippen LogP contribution in [0.5, 0.6) is 0 Å². The minimum atomic E-state index is 0.118. The SMILES string of the molecule is NC1C2CCC(C2)C1C(=O)N1CCC(N2CCOCC2)C1. The molecule has 2 saturated heterocycles. The third-order valence-corrected chi connectivity index (χ3v) is 6.30. The van der Waals surface area contributed by atoms with E-state index < -0.39 is 0 Å². The van der Waals surface area contributed by atoms with Gasteiger partial charge in [0.05, 0.1) is 19.1 Å². The predicted octanol–water partition coefficient (Wildman–Crippen LogP) is 0.293. The van der Waals surface area contributed by atoms with Crippen molar-refractivity contribution in [2.24, 2.45) is 23.5 Å². The Morgan fingerprint density at radius 1 is 1.05 bits per heavy atom. The molecular formula is C16H27N3O2. The summed E-state index contributed by atoms with van der Waals surface area (Å²) >= 11 is 0. The van der Waals surface area contributed by atoms with Crippen molar-refractivity contribution in [2.45, 2.75) is 37.8 Å². The molecule has 0 aromatic rings. The molecule has 4 rings (SSSR count). The van der Waals surface area contributed by atoms with Crippen molar-refractivity contribution in [1.82, 2.24) is 9.80 Å². The lowest BCUT2D eigenvalue weighted by molar-refractivity contribution is -0.136. The molecule has 0 aromatic heterocycles.